The standard InChI is InChI=1S/C14H13BrN2O4/c1-8(14-12(18)3-2-4-13(14)19)16-10-6-5-9(15)7-11(10)17(20)21/h2-8,16,18-19H,1H3. The second-order valence-electron chi connectivity index (χ2n) is 4.49. The van der Waals surface area contributed by atoms with Crippen LogP contribution in [0.25, 0.3) is 0 Å². The van der Waals surface area contributed by atoms with Gasteiger partial charge in [-0.25, -0.2) is 0 Å². The van der Waals surface area contributed by atoms with Crippen LogP contribution in [0.3, 0.4) is 0 Å². The van der Waals surface area contributed by atoms with E-state index >= 15 is 0 Å². The fourth-order valence-electron chi connectivity index (χ4n) is 2.07. The summed E-state index contributed by atoms with van der Waals surface area (Å²) in [6.07, 6.45) is 0. The van der Waals surface area contributed by atoms with E-state index in [2.05, 4.69) is 21.2 Å². The van der Waals surface area contributed by atoms with Crippen molar-refractivity contribution < 1.29 is 15.1 Å². The van der Waals surface area contributed by atoms with Crippen LogP contribution in [0.4, 0.5) is 11.4 Å². The van der Waals surface area contributed by atoms with Crippen LogP contribution in [-0.2, 0) is 0 Å². The Labute approximate surface area is 129 Å². The van der Waals surface area contributed by atoms with Crippen molar-refractivity contribution in [3.63, 3.8) is 0 Å². The lowest BCUT2D eigenvalue weighted by Crippen LogP contribution is -2.09. The van der Waals surface area contributed by atoms with Gasteiger partial charge in [0.25, 0.3) is 5.69 Å². The highest BCUT2D eigenvalue weighted by atomic mass is 79.9. The molecule has 0 heterocycles. The summed E-state index contributed by atoms with van der Waals surface area (Å²) in [7, 11) is 0. The first-order valence-corrected chi connectivity index (χ1v) is 6.90. The Bertz CT molecular complexity index is 670. The fraction of sp³-hybridized carbons (Fsp3) is 0.143. The number of nitro benzene ring substituents is 1. The summed E-state index contributed by atoms with van der Waals surface area (Å²) >= 11 is 3.19. The van der Waals surface area contributed by atoms with E-state index in [0.717, 1.165) is 0 Å². The molecular formula is C14H13BrN2O4. The van der Waals surface area contributed by atoms with Crippen molar-refractivity contribution in [1.82, 2.24) is 0 Å². The number of halogens is 1. The summed E-state index contributed by atoms with van der Waals surface area (Å²) in [5.41, 5.74) is 0.499. The van der Waals surface area contributed by atoms with Crippen LogP contribution in [0.1, 0.15) is 18.5 Å². The first-order chi connectivity index (χ1) is 9.90. The molecule has 21 heavy (non-hydrogen) atoms. The molecule has 6 nitrogen and oxygen atoms in total. The van der Waals surface area contributed by atoms with Crippen LogP contribution in [0.15, 0.2) is 40.9 Å². The zero-order chi connectivity index (χ0) is 15.6. The average Bonchev–Trinajstić information content (AvgIpc) is 2.40. The van der Waals surface area contributed by atoms with E-state index < -0.39 is 11.0 Å². The Hall–Kier alpha value is -2.28. The van der Waals surface area contributed by atoms with E-state index in [4.69, 9.17) is 0 Å². The van der Waals surface area contributed by atoms with Crippen molar-refractivity contribution in [3.8, 4) is 11.5 Å². The second-order valence-corrected chi connectivity index (χ2v) is 5.41. The third-order valence-corrected chi connectivity index (χ3v) is 3.51. The normalized spacial score (nSPS) is 11.9. The second kappa shape index (κ2) is 6.01. The molecule has 2 aromatic carbocycles. The molecular weight excluding hydrogens is 340 g/mol. The number of nitro groups is 1. The van der Waals surface area contributed by atoms with E-state index in [9.17, 15) is 20.3 Å². The van der Waals surface area contributed by atoms with Gasteiger partial charge >= 0.3 is 0 Å². The third kappa shape index (κ3) is 3.25. The van der Waals surface area contributed by atoms with Crippen molar-refractivity contribution in [2.45, 2.75) is 13.0 Å². The molecule has 2 aromatic rings. The Morgan fingerprint density at radius 3 is 2.43 bits per heavy atom. The molecule has 0 radical (unpaired) electrons. The zero-order valence-electron chi connectivity index (χ0n) is 11.1. The number of hydrogen-bond acceptors (Lipinski definition) is 5. The quantitative estimate of drug-likeness (QED) is 0.572. The highest BCUT2D eigenvalue weighted by Gasteiger charge is 2.20. The van der Waals surface area contributed by atoms with Crippen LogP contribution in [0.2, 0.25) is 0 Å². The van der Waals surface area contributed by atoms with Crippen molar-refractivity contribution in [2.24, 2.45) is 0 Å². The summed E-state index contributed by atoms with van der Waals surface area (Å²) < 4.78 is 0.595. The number of nitrogens with zero attached hydrogens (tertiary/aromatic N) is 1. The molecule has 0 aliphatic carbocycles. The molecule has 7 heteroatoms. The van der Waals surface area contributed by atoms with Crippen LogP contribution in [0.5, 0.6) is 11.5 Å². The van der Waals surface area contributed by atoms with Gasteiger partial charge in [-0.1, -0.05) is 22.0 Å². The molecule has 0 aliphatic heterocycles. The average molecular weight is 353 g/mol. The van der Waals surface area contributed by atoms with Gasteiger partial charge in [-0.3, -0.25) is 10.1 Å². The SMILES string of the molecule is CC(Nc1ccc(Br)cc1[N+](=O)[O-])c1c(O)cccc1O. The number of phenolic OH excluding ortho intramolecular Hbond substituents is 2. The minimum Gasteiger partial charge on any atom is -0.507 e. The number of benzene rings is 2. The van der Waals surface area contributed by atoms with E-state index in [1.54, 1.807) is 19.1 Å². The smallest absolute Gasteiger partial charge is 0.293 e. The van der Waals surface area contributed by atoms with Crippen molar-refractivity contribution in [2.75, 3.05) is 5.32 Å². The lowest BCUT2D eigenvalue weighted by Gasteiger charge is -2.18. The Morgan fingerprint density at radius 2 is 1.86 bits per heavy atom. The molecule has 0 fully saturated rings. The van der Waals surface area contributed by atoms with Crippen molar-refractivity contribution in [3.05, 3.63) is 56.5 Å². The fourth-order valence-corrected chi connectivity index (χ4v) is 2.42. The van der Waals surface area contributed by atoms with Crippen LogP contribution in [0, 0.1) is 10.1 Å². The van der Waals surface area contributed by atoms with Crippen molar-refractivity contribution >= 4 is 27.3 Å². The maximum Gasteiger partial charge on any atom is 0.293 e. The monoisotopic (exact) mass is 352 g/mol. The van der Waals surface area contributed by atoms with E-state index in [1.165, 1.54) is 24.3 Å². The molecule has 0 bridgehead atoms. The van der Waals surface area contributed by atoms with Gasteiger partial charge < -0.3 is 15.5 Å². The predicted octanol–water partition coefficient (Wildman–Crippen LogP) is 3.94. The van der Waals surface area contributed by atoms with Gasteiger partial charge in [0.1, 0.15) is 17.2 Å². The third-order valence-electron chi connectivity index (χ3n) is 3.02. The molecule has 0 saturated carbocycles. The summed E-state index contributed by atoms with van der Waals surface area (Å²) in [4.78, 5) is 10.6. The molecule has 1 atom stereocenters. The molecule has 0 aromatic heterocycles. The first-order valence-electron chi connectivity index (χ1n) is 6.11. The molecule has 0 amide bonds. The molecule has 110 valence electrons. The summed E-state index contributed by atoms with van der Waals surface area (Å²) in [6, 6.07) is 8.53. The van der Waals surface area contributed by atoms with E-state index in [1.807, 2.05) is 0 Å². The maximum absolute atomic E-state index is 11.1. The van der Waals surface area contributed by atoms with E-state index in [0.29, 0.717) is 10.2 Å². The van der Waals surface area contributed by atoms with Gasteiger partial charge in [0.15, 0.2) is 0 Å². The largest absolute Gasteiger partial charge is 0.507 e. The summed E-state index contributed by atoms with van der Waals surface area (Å²) in [5.74, 6) is -0.149. The highest BCUT2D eigenvalue weighted by Crippen LogP contribution is 2.36. The van der Waals surface area contributed by atoms with E-state index in [-0.39, 0.29) is 22.7 Å². The number of nitrogens with one attached hydrogen (secondary N) is 1. The predicted molar refractivity (Wildman–Crippen MR) is 82.6 cm³/mol. The van der Waals surface area contributed by atoms with Gasteiger partial charge in [-0.05, 0) is 31.2 Å². The van der Waals surface area contributed by atoms with Crippen LogP contribution >= 0.6 is 15.9 Å². The molecule has 1 unspecified atom stereocenters. The van der Waals surface area contributed by atoms with Gasteiger partial charge in [0.05, 0.1) is 16.5 Å². The molecule has 3 N–H and O–H groups in total. The molecule has 0 spiro atoms. The lowest BCUT2D eigenvalue weighted by molar-refractivity contribution is -0.384. The Balaban J connectivity index is 2.36. The number of hydrogen-bond donors (Lipinski definition) is 3. The minimum absolute atomic E-state index is 0.0743. The van der Waals surface area contributed by atoms with Gasteiger partial charge in [-0.2, -0.15) is 0 Å². The molecule has 0 saturated heterocycles. The number of aromatic hydroxyl groups is 2. The Kier molecular flexibility index (Phi) is 4.32. The highest BCUT2D eigenvalue weighted by molar-refractivity contribution is 9.10. The molecule has 0 aliphatic rings. The summed E-state index contributed by atoms with van der Waals surface area (Å²) in [6.45, 7) is 1.69. The van der Waals surface area contributed by atoms with Crippen molar-refractivity contribution in [1.29, 1.82) is 0 Å². The van der Waals surface area contributed by atoms with Gasteiger partial charge in [0.2, 0.25) is 0 Å². The van der Waals surface area contributed by atoms with Crippen LogP contribution < -0.4 is 5.32 Å². The summed E-state index contributed by atoms with van der Waals surface area (Å²) in [5, 5.41) is 33.6. The van der Waals surface area contributed by atoms with Gasteiger partial charge in [0, 0.05) is 10.5 Å². The zero-order valence-corrected chi connectivity index (χ0v) is 12.7. The van der Waals surface area contributed by atoms with Crippen LogP contribution in [-0.4, -0.2) is 15.1 Å². The Morgan fingerprint density at radius 1 is 1.24 bits per heavy atom. The lowest BCUT2D eigenvalue weighted by atomic mass is 10.1. The maximum atomic E-state index is 11.1. The topological polar surface area (TPSA) is 95.6 Å². The number of phenols is 2. The number of anilines is 1. The molecule has 2 rings (SSSR count). The van der Waals surface area contributed by atoms with Gasteiger partial charge in [-0.15, -0.1) is 0 Å². The first kappa shape index (κ1) is 15.1. The minimum atomic E-state index is -0.508. The number of rotatable bonds is 4.